The molecule has 0 bridgehead atoms. The first-order chi connectivity index (χ1) is 22.9. The van der Waals surface area contributed by atoms with Crippen LogP contribution in [0.25, 0.3) is 17.0 Å². The van der Waals surface area contributed by atoms with Crippen molar-refractivity contribution in [3.63, 3.8) is 0 Å². The third-order valence-corrected chi connectivity index (χ3v) is 8.47. The topological polar surface area (TPSA) is 103 Å². The van der Waals surface area contributed by atoms with Gasteiger partial charge in [-0.15, -0.1) is 11.8 Å². The number of benzene rings is 5. The van der Waals surface area contributed by atoms with Gasteiger partial charge in [-0.25, -0.2) is 4.39 Å². The molecule has 1 atom stereocenters. The Labute approximate surface area is 274 Å². The van der Waals surface area contributed by atoms with Crippen LogP contribution in [0.2, 0.25) is 0 Å². The number of hydrogen-bond acceptors (Lipinski definition) is 4. The van der Waals surface area contributed by atoms with E-state index in [-0.39, 0.29) is 11.6 Å². The number of rotatable bonds is 10. The maximum Gasteiger partial charge on any atom is 0.272 e. The third-order valence-electron chi connectivity index (χ3n) is 7.22. The molecular weight excluding hydrogens is 612 g/mol. The highest BCUT2D eigenvalue weighted by Gasteiger charge is 2.23. The van der Waals surface area contributed by atoms with E-state index in [0.717, 1.165) is 21.4 Å². The first-order valence-electron chi connectivity index (χ1n) is 14.8. The molecule has 0 aliphatic heterocycles. The summed E-state index contributed by atoms with van der Waals surface area (Å²) in [5, 5.41) is 9.03. The molecule has 6 aromatic rings. The van der Waals surface area contributed by atoms with Crippen molar-refractivity contribution in [2.75, 3.05) is 10.6 Å². The quantitative estimate of drug-likeness (QED) is 0.0896. The molecule has 0 saturated carbocycles. The second kappa shape index (κ2) is 14.4. The molecule has 0 aliphatic rings. The number of aromatic nitrogens is 1. The Morgan fingerprint density at radius 3 is 2.21 bits per heavy atom. The lowest BCUT2D eigenvalue weighted by Crippen LogP contribution is -2.30. The lowest BCUT2D eigenvalue weighted by Gasteiger charge is -2.18. The molecule has 0 spiro atoms. The molecule has 5 aromatic carbocycles. The summed E-state index contributed by atoms with van der Waals surface area (Å²) in [6.45, 7) is 0. The van der Waals surface area contributed by atoms with Crippen molar-refractivity contribution in [2.24, 2.45) is 0 Å². The van der Waals surface area contributed by atoms with Crippen molar-refractivity contribution >= 4 is 57.8 Å². The highest BCUT2D eigenvalue weighted by molar-refractivity contribution is 8.00. The van der Waals surface area contributed by atoms with Gasteiger partial charge in [-0.1, -0.05) is 72.8 Å². The molecule has 4 N–H and O–H groups in total. The Morgan fingerprint density at radius 1 is 0.723 bits per heavy atom. The maximum absolute atomic E-state index is 13.7. The number of fused-ring (bicyclic) bond motifs is 1. The first-order valence-corrected chi connectivity index (χ1v) is 15.6. The largest absolute Gasteiger partial charge is 0.361 e. The Kier molecular flexibility index (Phi) is 9.55. The van der Waals surface area contributed by atoms with Gasteiger partial charge in [0, 0.05) is 33.5 Å². The highest BCUT2D eigenvalue weighted by atomic mass is 32.2. The van der Waals surface area contributed by atoms with Crippen molar-refractivity contribution in [3.8, 4) is 0 Å². The van der Waals surface area contributed by atoms with Gasteiger partial charge >= 0.3 is 0 Å². The minimum Gasteiger partial charge on any atom is -0.361 e. The molecule has 1 unspecified atom stereocenters. The maximum atomic E-state index is 13.7. The number of amides is 3. The standard InChI is InChI=1S/C38H29FN4O3S/c39-29-17-14-25(15-18-29)22-34(43-36(44)28-10-5-2-6-11-28)37(45)41-30-12-7-13-32(23-30)47-35(27-8-3-1-4-9-27)38(46)42-31-19-16-26-20-21-40-33(26)24-31/h1-24,35,40H,(H,41,45)(H,42,46)(H,43,44)/b34-22-. The van der Waals surface area contributed by atoms with Crippen molar-refractivity contribution in [1.29, 1.82) is 0 Å². The van der Waals surface area contributed by atoms with Gasteiger partial charge in [0.05, 0.1) is 0 Å². The van der Waals surface area contributed by atoms with E-state index in [2.05, 4.69) is 20.9 Å². The highest BCUT2D eigenvalue weighted by Crippen LogP contribution is 2.37. The van der Waals surface area contributed by atoms with Crippen molar-refractivity contribution in [2.45, 2.75) is 10.1 Å². The number of nitrogens with one attached hydrogen (secondary N) is 4. The molecule has 9 heteroatoms. The van der Waals surface area contributed by atoms with Gasteiger partial charge in [0.25, 0.3) is 11.8 Å². The Hall–Kier alpha value is -5.93. The summed E-state index contributed by atoms with van der Waals surface area (Å²) in [4.78, 5) is 44.1. The van der Waals surface area contributed by atoms with Crippen LogP contribution < -0.4 is 16.0 Å². The van der Waals surface area contributed by atoms with Crippen molar-refractivity contribution in [1.82, 2.24) is 10.3 Å². The second-order valence-electron chi connectivity index (χ2n) is 10.6. The molecule has 232 valence electrons. The molecule has 3 amide bonds. The molecule has 1 heterocycles. The van der Waals surface area contributed by atoms with Gasteiger partial charge in [0.15, 0.2) is 0 Å². The molecule has 0 radical (unpaired) electrons. The molecule has 0 saturated heterocycles. The van der Waals surface area contributed by atoms with Crippen molar-refractivity contribution in [3.05, 3.63) is 168 Å². The van der Waals surface area contributed by atoms with Crippen LogP contribution in [0.4, 0.5) is 15.8 Å². The number of carbonyl (C=O) groups excluding carboxylic acids is 3. The molecular formula is C38H29FN4O3S. The number of anilines is 2. The number of carbonyl (C=O) groups is 3. The zero-order chi connectivity index (χ0) is 32.6. The number of hydrogen-bond donors (Lipinski definition) is 4. The summed E-state index contributed by atoms with van der Waals surface area (Å²) in [6.07, 6.45) is 3.33. The second-order valence-corrected chi connectivity index (χ2v) is 11.8. The summed E-state index contributed by atoms with van der Waals surface area (Å²) in [7, 11) is 0. The van der Waals surface area contributed by atoms with Gasteiger partial charge in [0.2, 0.25) is 5.91 Å². The van der Waals surface area contributed by atoms with Gasteiger partial charge in [-0.2, -0.15) is 0 Å². The van der Waals surface area contributed by atoms with Crippen LogP contribution in [0.15, 0.2) is 150 Å². The van der Waals surface area contributed by atoms with Crippen molar-refractivity contribution < 1.29 is 18.8 Å². The summed E-state index contributed by atoms with van der Waals surface area (Å²) in [5.74, 6) is -1.65. The van der Waals surface area contributed by atoms with E-state index in [0.29, 0.717) is 22.5 Å². The fourth-order valence-electron chi connectivity index (χ4n) is 4.88. The van der Waals surface area contributed by atoms with E-state index < -0.39 is 22.9 Å². The summed E-state index contributed by atoms with van der Waals surface area (Å²) in [6, 6.07) is 38.4. The predicted molar refractivity (Wildman–Crippen MR) is 185 cm³/mol. The van der Waals surface area contributed by atoms with E-state index in [1.807, 2.05) is 66.9 Å². The fourth-order valence-corrected chi connectivity index (χ4v) is 5.97. The number of thioether (sulfide) groups is 1. The van der Waals surface area contributed by atoms with Gasteiger partial charge < -0.3 is 20.9 Å². The minimum atomic E-state index is -0.597. The molecule has 6 rings (SSSR count). The minimum absolute atomic E-state index is 0.0240. The van der Waals surface area contributed by atoms with E-state index in [9.17, 15) is 18.8 Å². The Morgan fingerprint density at radius 2 is 1.45 bits per heavy atom. The normalized spacial score (nSPS) is 11.9. The fraction of sp³-hybridized carbons (Fsp3) is 0.0263. The first kappa shape index (κ1) is 31.1. The van der Waals surface area contributed by atoms with Crippen LogP contribution in [-0.4, -0.2) is 22.7 Å². The monoisotopic (exact) mass is 640 g/mol. The molecule has 0 fully saturated rings. The van der Waals surface area contributed by atoms with Crippen LogP contribution in [0, 0.1) is 5.82 Å². The zero-order valence-corrected chi connectivity index (χ0v) is 25.8. The number of H-pyrrole nitrogens is 1. The lowest BCUT2D eigenvalue weighted by molar-refractivity contribution is -0.116. The lowest BCUT2D eigenvalue weighted by atomic mass is 10.1. The average molecular weight is 641 g/mol. The van der Waals surface area contributed by atoms with Gasteiger partial charge in [0.1, 0.15) is 16.8 Å². The SMILES string of the molecule is O=C(Nc1cccc(SC(C(=O)Nc2ccc3cc[nH]c3c2)c2ccccc2)c1)/C(=C/c1ccc(F)cc1)NC(=O)c1ccccc1. The summed E-state index contributed by atoms with van der Waals surface area (Å²) >= 11 is 1.34. The van der Waals surface area contributed by atoms with E-state index in [4.69, 9.17) is 0 Å². The van der Waals surface area contributed by atoms with Gasteiger partial charge in [-0.3, -0.25) is 14.4 Å². The van der Waals surface area contributed by atoms with Crippen LogP contribution in [0.3, 0.4) is 0 Å². The third kappa shape index (κ3) is 8.02. The predicted octanol–water partition coefficient (Wildman–Crippen LogP) is 8.19. The van der Waals surface area contributed by atoms with Gasteiger partial charge in [-0.05, 0) is 83.3 Å². The average Bonchev–Trinajstić information content (AvgIpc) is 3.57. The van der Waals surface area contributed by atoms with Crippen LogP contribution in [0.1, 0.15) is 26.7 Å². The molecule has 0 aliphatic carbocycles. The van der Waals surface area contributed by atoms with Crippen LogP contribution in [-0.2, 0) is 9.59 Å². The molecule has 1 aromatic heterocycles. The molecule has 47 heavy (non-hydrogen) atoms. The Bertz CT molecular complexity index is 2060. The Balaban J connectivity index is 1.22. The van der Waals surface area contributed by atoms with Crippen LogP contribution in [0.5, 0.6) is 0 Å². The smallest absolute Gasteiger partial charge is 0.272 e. The zero-order valence-electron chi connectivity index (χ0n) is 24.9. The summed E-state index contributed by atoms with van der Waals surface area (Å²) < 4.78 is 13.5. The summed E-state index contributed by atoms with van der Waals surface area (Å²) in [5.41, 5.74) is 3.75. The van der Waals surface area contributed by atoms with E-state index in [1.165, 1.54) is 42.1 Å². The van der Waals surface area contributed by atoms with Crippen LogP contribution >= 0.6 is 11.8 Å². The van der Waals surface area contributed by atoms with E-state index >= 15 is 0 Å². The van der Waals surface area contributed by atoms with E-state index in [1.54, 1.807) is 48.5 Å². The number of halogens is 1. The molecule has 7 nitrogen and oxygen atoms in total. The number of aromatic amines is 1.